The van der Waals surface area contributed by atoms with Crippen LogP contribution in [0.1, 0.15) is 31.9 Å². The standard InChI is InChI=1S/C17H19FO/c1-12(2)17(3,13-7-9-16(19)10-8-13)14-5-4-6-15(18)11-14/h4-12,19H,1-3H3. The summed E-state index contributed by atoms with van der Waals surface area (Å²) < 4.78 is 13.5. The maximum absolute atomic E-state index is 13.5. The second-order valence-corrected chi connectivity index (χ2v) is 5.41. The highest BCUT2D eigenvalue weighted by Gasteiger charge is 2.32. The van der Waals surface area contributed by atoms with Crippen LogP contribution in [0.25, 0.3) is 0 Å². The summed E-state index contributed by atoms with van der Waals surface area (Å²) in [6, 6.07) is 13.9. The molecule has 1 nitrogen and oxygen atoms in total. The zero-order chi connectivity index (χ0) is 14.0. The molecule has 19 heavy (non-hydrogen) atoms. The smallest absolute Gasteiger partial charge is 0.123 e. The average molecular weight is 258 g/mol. The number of hydrogen-bond donors (Lipinski definition) is 1. The highest BCUT2D eigenvalue weighted by atomic mass is 19.1. The van der Waals surface area contributed by atoms with Crippen molar-refractivity contribution in [2.24, 2.45) is 5.92 Å². The number of halogens is 1. The molecule has 0 aromatic heterocycles. The van der Waals surface area contributed by atoms with Crippen LogP contribution in [0.15, 0.2) is 48.5 Å². The third kappa shape index (κ3) is 2.48. The maximum atomic E-state index is 13.5. The molecule has 0 aliphatic carbocycles. The van der Waals surface area contributed by atoms with Gasteiger partial charge in [0, 0.05) is 5.41 Å². The van der Waals surface area contributed by atoms with Crippen LogP contribution >= 0.6 is 0 Å². The third-order valence-electron chi connectivity index (χ3n) is 4.05. The third-order valence-corrected chi connectivity index (χ3v) is 4.05. The number of benzene rings is 2. The minimum Gasteiger partial charge on any atom is -0.508 e. The quantitative estimate of drug-likeness (QED) is 0.859. The average Bonchev–Trinajstić information content (AvgIpc) is 2.38. The lowest BCUT2D eigenvalue weighted by Gasteiger charge is -2.35. The molecule has 0 heterocycles. The van der Waals surface area contributed by atoms with Crippen LogP contribution in [0.5, 0.6) is 5.75 Å². The normalized spacial score (nSPS) is 14.4. The van der Waals surface area contributed by atoms with Crippen molar-refractivity contribution in [2.45, 2.75) is 26.2 Å². The van der Waals surface area contributed by atoms with Gasteiger partial charge in [0.15, 0.2) is 0 Å². The summed E-state index contributed by atoms with van der Waals surface area (Å²) in [4.78, 5) is 0. The summed E-state index contributed by atoms with van der Waals surface area (Å²) in [5.74, 6) is 0.330. The van der Waals surface area contributed by atoms with E-state index in [9.17, 15) is 9.50 Å². The lowest BCUT2D eigenvalue weighted by molar-refractivity contribution is 0.402. The van der Waals surface area contributed by atoms with Crippen molar-refractivity contribution in [3.05, 3.63) is 65.5 Å². The van der Waals surface area contributed by atoms with Crippen LogP contribution in [0.2, 0.25) is 0 Å². The Labute approximate surface area is 113 Å². The molecule has 2 aromatic carbocycles. The van der Waals surface area contributed by atoms with Gasteiger partial charge in [-0.1, -0.05) is 45.0 Å². The Kier molecular flexibility index (Phi) is 3.61. The van der Waals surface area contributed by atoms with E-state index < -0.39 is 0 Å². The van der Waals surface area contributed by atoms with Crippen molar-refractivity contribution in [3.8, 4) is 5.75 Å². The maximum Gasteiger partial charge on any atom is 0.123 e. The summed E-state index contributed by atoms with van der Waals surface area (Å²) in [6.45, 7) is 6.36. The second kappa shape index (κ2) is 5.04. The minimum atomic E-state index is -0.282. The van der Waals surface area contributed by atoms with Gasteiger partial charge >= 0.3 is 0 Å². The van der Waals surface area contributed by atoms with Crippen molar-refractivity contribution in [1.82, 2.24) is 0 Å². The van der Waals surface area contributed by atoms with Gasteiger partial charge in [-0.3, -0.25) is 0 Å². The molecular weight excluding hydrogens is 239 g/mol. The Morgan fingerprint density at radius 1 is 1.00 bits per heavy atom. The van der Waals surface area contributed by atoms with Gasteiger partial charge in [-0.15, -0.1) is 0 Å². The number of hydrogen-bond acceptors (Lipinski definition) is 1. The van der Waals surface area contributed by atoms with E-state index in [-0.39, 0.29) is 17.0 Å². The van der Waals surface area contributed by atoms with Crippen LogP contribution in [0.3, 0.4) is 0 Å². The largest absolute Gasteiger partial charge is 0.508 e. The number of phenols is 1. The molecule has 1 atom stereocenters. The van der Waals surface area contributed by atoms with Gasteiger partial charge in [0.1, 0.15) is 11.6 Å². The predicted molar refractivity (Wildman–Crippen MR) is 75.8 cm³/mol. The fraction of sp³-hybridized carbons (Fsp3) is 0.294. The molecule has 0 radical (unpaired) electrons. The Balaban J connectivity index is 2.58. The molecule has 2 heteroatoms. The Morgan fingerprint density at radius 2 is 1.63 bits per heavy atom. The van der Waals surface area contributed by atoms with Crippen molar-refractivity contribution in [3.63, 3.8) is 0 Å². The summed E-state index contributed by atoms with van der Waals surface area (Å²) in [5.41, 5.74) is 1.74. The first-order valence-electron chi connectivity index (χ1n) is 6.50. The van der Waals surface area contributed by atoms with Crippen molar-refractivity contribution in [2.75, 3.05) is 0 Å². The van der Waals surface area contributed by atoms with Crippen LogP contribution in [0.4, 0.5) is 4.39 Å². The molecule has 0 bridgehead atoms. The fourth-order valence-corrected chi connectivity index (χ4v) is 2.45. The summed E-state index contributed by atoms with van der Waals surface area (Å²) in [7, 11) is 0. The van der Waals surface area contributed by atoms with Crippen molar-refractivity contribution >= 4 is 0 Å². The van der Waals surface area contributed by atoms with Gasteiger partial charge < -0.3 is 5.11 Å². The highest BCUT2D eigenvalue weighted by Crippen LogP contribution is 2.39. The molecule has 2 aromatic rings. The topological polar surface area (TPSA) is 20.2 Å². The SMILES string of the molecule is CC(C)C(C)(c1ccc(O)cc1)c1cccc(F)c1. The van der Waals surface area contributed by atoms with Gasteiger partial charge in [-0.05, 0) is 41.3 Å². The summed E-state index contributed by atoms with van der Waals surface area (Å²) in [6.07, 6.45) is 0. The van der Waals surface area contributed by atoms with Crippen molar-refractivity contribution in [1.29, 1.82) is 0 Å². The first kappa shape index (κ1) is 13.6. The van der Waals surface area contributed by atoms with E-state index in [2.05, 4.69) is 20.8 Å². The molecule has 1 N–H and O–H groups in total. The first-order chi connectivity index (χ1) is 8.94. The van der Waals surface area contributed by atoms with Crippen LogP contribution in [0, 0.1) is 11.7 Å². The van der Waals surface area contributed by atoms with Gasteiger partial charge in [-0.25, -0.2) is 4.39 Å². The molecule has 0 fully saturated rings. The van der Waals surface area contributed by atoms with E-state index in [0.717, 1.165) is 11.1 Å². The van der Waals surface area contributed by atoms with Gasteiger partial charge in [-0.2, -0.15) is 0 Å². The van der Waals surface area contributed by atoms with E-state index in [0.29, 0.717) is 5.92 Å². The Morgan fingerprint density at radius 3 is 2.16 bits per heavy atom. The zero-order valence-electron chi connectivity index (χ0n) is 11.5. The fourth-order valence-electron chi connectivity index (χ4n) is 2.45. The number of rotatable bonds is 3. The van der Waals surface area contributed by atoms with E-state index in [4.69, 9.17) is 0 Å². The molecule has 2 rings (SSSR count). The van der Waals surface area contributed by atoms with Crippen molar-refractivity contribution < 1.29 is 9.50 Å². The molecule has 100 valence electrons. The lowest BCUT2D eigenvalue weighted by atomic mass is 9.68. The second-order valence-electron chi connectivity index (χ2n) is 5.41. The van der Waals surface area contributed by atoms with E-state index in [1.54, 1.807) is 24.3 Å². The molecule has 0 saturated heterocycles. The Hall–Kier alpha value is -1.83. The molecule has 1 unspecified atom stereocenters. The van der Waals surface area contributed by atoms with E-state index >= 15 is 0 Å². The van der Waals surface area contributed by atoms with E-state index in [1.807, 2.05) is 18.2 Å². The summed E-state index contributed by atoms with van der Waals surface area (Å²) >= 11 is 0. The minimum absolute atomic E-state index is 0.219. The van der Waals surface area contributed by atoms with Crippen LogP contribution < -0.4 is 0 Å². The lowest BCUT2D eigenvalue weighted by Crippen LogP contribution is -2.30. The summed E-state index contributed by atoms with van der Waals surface area (Å²) in [5, 5.41) is 9.42. The molecule has 0 amide bonds. The number of aromatic hydroxyl groups is 1. The number of phenolic OH excluding ortho intramolecular Hbond substituents is 1. The Bertz CT molecular complexity index is 560. The van der Waals surface area contributed by atoms with Gasteiger partial charge in [0.25, 0.3) is 0 Å². The van der Waals surface area contributed by atoms with Crippen LogP contribution in [-0.2, 0) is 5.41 Å². The van der Waals surface area contributed by atoms with Gasteiger partial charge in [0.2, 0.25) is 0 Å². The highest BCUT2D eigenvalue weighted by molar-refractivity contribution is 5.41. The van der Waals surface area contributed by atoms with Gasteiger partial charge in [0.05, 0.1) is 0 Å². The zero-order valence-corrected chi connectivity index (χ0v) is 11.5. The van der Waals surface area contributed by atoms with E-state index in [1.165, 1.54) is 6.07 Å². The molecule has 0 aliphatic heterocycles. The first-order valence-corrected chi connectivity index (χ1v) is 6.50. The monoisotopic (exact) mass is 258 g/mol. The van der Waals surface area contributed by atoms with Crippen LogP contribution in [-0.4, -0.2) is 5.11 Å². The molecule has 0 spiro atoms. The predicted octanol–water partition coefficient (Wildman–Crippen LogP) is 4.49. The molecule has 0 saturated carbocycles. The molecular formula is C17H19FO. The molecule has 0 aliphatic rings.